The van der Waals surface area contributed by atoms with Gasteiger partial charge in [0.1, 0.15) is 0 Å². The first kappa shape index (κ1) is 16.0. The van der Waals surface area contributed by atoms with Crippen molar-refractivity contribution in [3.05, 3.63) is 29.8 Å². The van der Waals surface area contributed by atoms with E-state index in [1.807, 2.05) is 12.1 Å². The van der Waals surface area contributed by atoms with Gasteiger partial charge in [-0.05, 0) is 56.0 Å². The molecule has 1 aliphatic heterocycles. The molecule has 1 aromatic rings. The monoisotopic (exact) mass is 289 g/mol. The second-order valence-electron chi connectivity index (χ2n) is 6.41. The molecule has 1 amide bonds. The topological polar surface area (TPSA) is 58.4 Å². The second kappa shape index (κ2) is 7.57. The lowest BCUT2D eigenvalue weighted by Gasteiger charge is -2.17. The first-order chi connectivity index (χ1) is 10.0. The smallest absolute Gasteiger partial charge is 0.241 e. The maximum Gasteiger partial charge on any atom is 0.241 e. The predicted molar refractivity (Wildman–Crippen MR) is 87.0 cm³/mol. The van der Waals surface area contributed by atoms with E-state index in [9.17, 15) is 4.79 Å². The number of rotatable bonds is 6. The van der Waals surface area contributed by atoms with Crippen LogP contribution in [0.2, 0.25) is 0 Å². The van der Waals surface area contributed by atoms with Crippen LogP contribution in [0.15, 0.2) is 24.3 Å². The number of benzene rings is 1. The summed E-state index contributed by atoms with van der Waals surface area (Å²) in [5, 5.41) is 2.93. The van der Waals surface area contributed by atoms with Gasteiger partial charge in [-0.1, -0.05) is 26.0 Å². The molecule has 116 valence electrons. The van der Waals surface area contributed by atoms with Gasteiger partial charge < -0.3 is 11.1 Å². The van der Waals surface area contributed by atoms with Crippen molar-refractivity contribution in [1.82, 2.24) is 4.90 Å². The molecule has 21 heavy (non-hydrogen) atoms. The summed E-state index contributed by atoms with van der Waals surface area (Å²) in [6.07, 6.45) is 3.29. The SMILES string of the molecule is CC(C)C[C@@H](N)C(=O)Nc1cccc(CN2CCCC2)c1. The third-order valence-electron chi connectivity index (χ3n) is 3.86. The Morgan fingerprint density at radius 2 is 2.05 bits per heavy atom. The first-order valence-electron chi connectivity index (χ1n) is 7.92. The molecule has 1 fully saturated rings. The Labute approximate surface area is 127 Å². The number of nitrogens with two attached hydrogens (primary N) is 1. The van der Waals surface area contributed by atoms with Crippen LogP contribution in [0.5, 0.6) is 0 Å². The van der Waals surface area contributed by atoms with Gasteiger partial charge in [-0.15, -0.1) is 0 Å². The van der Waals surface area contributed by atoms with Gasteiger partial charge in [0.25, 0.3) is 0 Å². The molecular weight excluding hydrogens is 262 g/mol. The minimum Gasteiger partial charge on any atom is -0.325 e. The molecule has 0 spiro atoms. The number of likely N-dealkylation sites (tertiary alicyclic amines) is 1. The number of amides is 1. The summed E-state index contributed by atoms with van der Waals surface area (Å²) in [6.45, 7) is 7.46. The molecule has 0 aromatic heterocycles. The number of nitrogens with zero attached hydrogens (tertiary/aromatic N) is 1. The van der Waals surface area contributed by atoms with E-state index in [1.165, 1.54) is 31.5 Å². The molecule has 1 atom stereocenters. The molecule has 3 N–H and O–H groups in total. The maximum absolute atomic E-state index is 12.1. The average molecular weight is 289 g/mol. The van der Waals surface area contributed by atoms with E-state index in [1.54, 1.807) is 0 Å². The standard InChI is InChI=1S/C17H27N3O/c1-13(2)10-16(18)17(21)19-15-7-5-6-14(11-15)12-20-8-3-4-9-20/h5-7,11,13,16H,3-4,8-10,12,18H2,1-2H3,(H,19,21)/t16-/m1/s1. The van der Waals surface area contributed by atoms with Gasteiger partial charge >= 0.3 is 0 Å². The summed E-state index contributed by atoms with van der Waals surface area (Å²) in [4.78, 5) is 14.5. The van der Waals surface area contributed by atoms with Crippen LogP contribution in [-0.2, 0) is 11.3 Å². The lowest BCUT2D eigenvalue weighted by atomic mass is 10.0. The highest BCUT2D eigenvalue weighted by molar-refractivity contribution is 5.94. The normalized spacial score (nSPS) is 17.1. The summed E-state index contributed by atoms with van der Waals surface area (Å²) >= 11 is 0. The van der Waals surface area contributed by atoms with Gasteiger partial charge in [0.15, 0.2) is 0 Å². The van der Waals surface area contributed by atoms with Gasteiger partial charge in [-0.2, -0.15) is 0 Å². The van der Waals surface area contributed by atoms with Crippen molar-refractivity contribution in [2.24, 2.45) is 11.7 Å². The first-order valence-corrected chi connectivity index (χ1v) is 7.92. The van der Waals surface area contributed by atoms with E-state index in [0.717, 1.165) is 12.2 Å². The Bertz CT molecular complexity index is 467. The zero-order chi connectivity index (χ0) is 15.2. The summed E-state index contributed by atoms with van der Waals surface area (Å²) in [5.74, 6) is 0.328. The lowest BCUT2D eigenvalue weighted by molar-refractivity contribution is -0.117. The van der Waals surface area contributed by atoms with Crippen LogP contribution in [0.25, 0.3) is 0 Å². The van der Waals surface area contributed by atoms with Crippen LogP contribution in [0.3, 0.4) is 0 Å². The molecule has 1 aliphatic rings. The molecule has 0 saturated carbocycles. The van der Waals surface area contributed by atoms with Crippen LogP contribution in [0, 0.1) is 5.92 Å². The van der Waals surface area contributed by atoms with Crippen molar-refractivity contribution >= 4 is 11.6 Å². The molecule has 1 heterocycles. The molecule has 1 saturated heterocycles. The Kier molecular flexibility index (Phi) is 5.76. The largest absolute Gasteiger partial charge is 0.325 e. The van der Waals surface area contributed by atoms with Crippen molar-refractivity contribution in [1.29, 1.82) is 0 Å². The summed E-state index contributed by atoms with van der Waals surface area (Å²) in [5.41, 5.74) is 8.00. The maximum atomic E-state index is 12.1. The molecule has 0 aliphatic carbocycles. The zero-order valence-electron chi connectivity index (χ0n) is 13.1. The molecule has 4 nitrogen and oxygen atoms in total. The van der Waals surface area contributed by atoms with E-state index in [2.05, 4.69) is 36.2 Å². The van der Waals surface area contributed by atoms with E-state index in [-0.39, 0.29) is 5.91 Å². The van der Waals surface area contributed by atoms with Crippen LogP contribution in [0.4, 0.5) is 5.69 Å². The van der Waals surface area contributed by atoms with Crippen LogP contribution in [0.1, 0.15) is 38.7 Å². The highest BCUT2D eigenvalue weighted by atomic mass is 16.2. The van der Waals surface area contributed by atoms with Gasteiger partial charge in [-0.25, -0.2) is 0 Å². The fraction of sp³-hybridized carbons (Fsp3) is 0.588. The van der Waals surface area contributed by atoms with Gasteiger partial charge in [-0.3, -0.25) is 9.69 Å². The minimum atomic E-state index is -0.438. The molecule has 0 bridgehead atoms. The van der Waals surface area contributed by atoms with Crippen LogP contribution < -0.4 is 11.1 Å². The number of hydrogen-bond acceptors (Lipinski definition) is 3. The zero-order valence-corrected chi connectivity index (χ0v) is 13.1. The molecule has 0 unspecified atom stereocenters. The quantitative estimate of drug-likeness (QED) is 0.846. The van der Waals surface area contributed by atoms with Crippen molar-refractivity contribution in [2.75, 3.05) is 18.4 Å². The second-order valence-corrected chi connectivity index (χ2v) is 6.41. The van der Waals surface area contributed by atoms with Crippen molar-refractivity contribution in [3.63, 3.8) is 0 Å². The van der Waals surface area contributed by atoms with E-state index in [4.69, 9.17) is 5.73 Å². The molecule has 4 heteroatoms. The summed E-state index contributed by atoms with van der Waals surface area (Å²) in [6, 6.07) is 7.65. The third-order valence-corrected chi connectivity index (χ3v) is 3.86. The fourth-order valence-electron chi connectivity index (χ4n) is 2.80. The highest BCUT2D eigenvalue weighted by Gasteiger charge is 2.16. The van der Waals surface area contributed by atoms with E-state index >= 15 is 0 Å². The number of hydrogen-bond donors (Lipinski definition) is 2. The van der Waals surface area contributed by atoms with E-state index < -0.39 is 6.04 Å². The number of carbonyl (C=O) groups is 1. The Hall–Kier alpha value is -1.39. The van der Waals surface area contributed by atoms with Crippen molar-refractivity contribution in [2.45, 2.75) is 45.7 Å². The number of anilines is 1. The molecule has 1 aromatic carbocycles. The predicted octanol–water partition coefficient (Wildman–Crippen LogP) is 2.59. The Morgan fingerprint density at radius 3 is 2.71 bits per heavy atom. The number of carbonyl (C=O) groups excluding carboxylic acids is 1. The average Bonchev–Trinajstić information content (AvgIpc) is 2.91. The van der Waals surface area contributed by atoms with Crippen LogP contribution in [-0.4, -0.2) is 29.9 Å². The molecule has 0 radical (unpaired) electrons. The number of nitrogens with one attached hydrogen (secondary N) is 1. The summed E-state index contributed by atoms with van der Waals surface area (Å²) < 4.78 is 0. The minimum absolute atomic E-state index is 0.0953. The van der Waals surface area contributed by atoms with Gasteiger partial charge in [0, 0.05) is 12.2 Å². The lowest BCUT2D eigenvalue weighted by Crippen LogP contribution is -2.36. The fourth-order valence-corrected chi connectivity index (χ4v) is 2.80. The summed E-state index contributed by atoms with van der Waals surface area (Å²) in [7, 11) is 0. The van der Waals surface area contributed by atoms with Crippen molar-refractivity contribution in [3.8, 4) is 0 Å². The van der Waals surface area contributed by atoms with Gasteiger partial charge in [0.05, 0.1) is 6.04 Å². The van der Waals surface area contributed by atoms with Gasteiger partial charge in [0.2, 0.25) is 5.91 Å². The Balaban J connectivity index is 1.92. The Morgan fingerprint density at radius 1 is 1.33 bits per heavy atom. The highest BCUT2D eigenvalue weighted by Crippen LogP contribution is 2.16. The molecule has 2 rings (SSSR count). The third kappa shape index (κ3) is 5.14. The van der Waals surface area contributed by atoms with Crippen LogP contribution >= 0.6 is 0 Å². The van der Waals surface area contributed by atoms with Crippen molar-refractivity contribution < 1.29 is 4.79 Å². The molecular formula is C17H27N3O. The van der Waals surface area contributed by atoms with E-state index in [0.29, 0.717) is 12.3 Å².